The number of anilines is 2. The van der Waals surface area contributed by atoms with Crippen molar-refractivity contribution in [3.05, 3.63) is 53.1 Å². The van der Waals surface area contributed by atoms with Crippen LogP contribution in [0.15, 0.2) is 30.7 Å². The molecular weight excluding hydrogens is 476 g/mol. The molecule has 0 radical (unpaired) electrons. The molecule has 192 valence electrons. The van der Waals surface area contributed by atoms with Gasteiger partial charge in [0.15, 0.2) is 0 Å². The molecule has 3 aromatic heterocycles. The van der Waals surface area contributed by atoms with Gasteiger partial charge >= 0.3 is 0 Å². The average molecular weight is 505 g/mol. The Hall–Kier alpha value is -4.31. The van der Waals surface area contributed by atoms with Gasteiger partial charge in [-0.15, -0.1) is 0 Å². The number of aromatic nitrogens is 3. The van der Waals surface area contributed by atoms with Crippen LogP contribution in [0.5, 0.6) is 0 Å². The Balaban J connectivity index is 1.72. The van der Waals surface area contributed by atoms with Crippen molar-refractivity contribution >= 4 is 40.2 Å². The van der Waals surface area contributed by atoms with E-state index in [0.717, 1.165) is 0 Å². The number of hydrogen-bond acceptors (Lipinski definition) is 10. The average Bonchev–Trinajstić information content (AvgIpc) is 3.55. The summed E-state index contributed by atoms with van der Waals surface area (Å²) in [7, 11) is 5.15. The smallest absolute Gasteiger partial charge is 0.260 e. The number of allylic oxidation sites excluding steroid dienone is 1. The number of nitrogens with zero attached hydrogens (tertiary/aromatic N) is 4. The quantitative estimate of drug-likeness (QED) is 0.240. The molecule has 1 aliphatic heterocycles. The molecule has 1 amide bonds. The molecule has 3 aromatic rings. The number of nitrogens with one attached hydrogen (secondary N) is 4. The number of amides is 1. The first-order chi connectivity index (χ1) is 18.0. The number of aryl methyl sites for hydroxylation is 1. The van der Waals surface area contributed by atoms with Crippen LogP contribution in [-0.2, 0) is 21.3 Å². The van der Waals surface area contributed by atoms with E-state index in [1.165, 1.54) is 12.4 Å². The topological polar surface area (TPSA) is 159 Å². The maximum atomic E-state index is 13.3. The summed E-state index contributed by atoms with van der Waals surface area (Å²) in [5.74, 6) is -0.133. The van der Waals surface area contributed by atoms with Crippen molar-refractivity contribution in [3.63, 3.8) is 0 Å². The molecule has 12 nitrogen and oxygen atoms in total. The van der Waals surface area contributed by atoms with Gasteiger partial charge in [-0.05, 0) is 6.07 Å². The minimum atomic E-state index is -0.711. The van der Waals surface area contributed by atoms with Crippen LogP contribution >= 0.6 is 0 Å². The molecule has 0 unspecified atom stereocenters. The van der Waals surface area contributed by atoms with Crippen molar-refractivity contribution in [3.8, 4) is 6.07 Å². The molecular formula is C25H28N8O4. The molecule has 4 N–H and O–H groups in total. The van der Waals surface area contributed by atoms with Gasteiger partial charge in [-0.1, -0.05) is 0 Å². The first kappa shape index (κ1) is 25.8. The second kappa shape index (κ2) is 11.6. The van der Waals surface area contributed by atoms with Gasteiger partial charge in [-0.25, -0.2) is 9.97 Å². The molecule has 37 heavy (non-hydrogen) atoms. The molecule has 0 atom stereocenters. The number of ether oxygens (including phenoxy) is 3. The third kappa shape index (κ3) is 5.44. The van der Waals surface area contributed by atoms with Gasteiger partial charge in [0.25, 0.3) is 5.91 Å². The number of hydrogen-bond donors (Lipinski definition) is 4. The van der Waals surface area contributed by atoms with E-state index in [9.17, 15) is 10.1 Å². The fourth-order valence-corrected chi connectivity index (χ4v) is 3.98. The number of methoxy groups -OCH3 is 1. The van der Waals surface area contributed by atoms with E-state index in [4.69, 9.17) is 24.6 Å². The first-order valence-corrected chi connectivity index (χ1v) is 11.6. The van der Waals surface area contributed by atoms with Crippen molar-refractivity contribution in [1.82, 2.24) is 19.9 Å². The van der Waals surface area contributed by atoms with Crippen molar-refractivity contribution in [2.75, 3.05) is 51.2 Å². The third-order valence-electron chi connectivity index (χ3n) is 5.73. The molecule has 12 heteroatoms. The van der Waals surface area contributed by atoms with Gasteiger partial charge in [0.05, 0.1) is 42.2 Å². The van der Waals surface area contributed by atoms with Crippen LogP contribution in [0.3, 0.4) is 0 Å². The zero-order valence-corrected chi connectivity index (χ0v) is 20.8. The van der Waals surface area contributed by atoms with E-state index in [-0.39, 0.29) is 5.82 Å². The fourth-order valence-electron chi connectivity index (χ4n) is 3.98. The second-order valence-corrected chi connectivity index (χ2v) is 8.15. The van der Waals surface area contributed by atoms with Gasteiger partial charge in [-0.3, -0.25) is 4.79 Å². The number of rotatable bonds is 10. The number of carbonyl (C=O) groups excluding carboxylic acids is 1. The lowest BCUT2D eigenvalue weighted by atomic mass is 10.0. The van der Waals surface area contributed by atoms with Crippen molar-refractivity contribution in [1.29, 1.82) is 10.7 Å². The highest BCUT2D eigenvalue weighted by atomic mass is 16.7. The minimum Gasteiger partial charge on any atom is -0.393 e. The van der Waals surface area contributed by atoms with Crippen molar-refractivity contribution in [2.45, 2.75) is 6.29 Å². The van der Waals surface area contributed by atoms with Gasteiger partial charge in [0.2, 0.25) is 6.29 Å². The molecule has 0 spiro atoms. The summed E-state index contributed by atoms with van der Waals surface area (Å²) in [6.07, 6.45) is 5.29. The van der Waals surface area contributed by atoms with Crippen LogP contribution in [0.2, 0.25) is 0 Å². The van der Waals surface area contributed by atoms with Crippen molar-refractivity contribution in [2.24, 2.45) is 7.05 Å². The number of fused-ring (bicyclic) bond motifs is 1. The van der Waals surface area contributed by atoms with Gasteiger partial charge in [-0.2, -0.15) is 5.26 Å². The van der Waals surface area contributed by atoms with Gasteiger partial charge < -0.3 is 40.1 Å². The van der Waals surface area contributed by atoms with E-state index in [2.05, 4.69) is 27.0 Å². The Morgan fingerprint density at radius 3 is 2.81 bits per heavy atom. The molecule has 0 aromatic carbocycles. The lowest BCUT2D eigenvalue weighted by Crippen LogP contribution is -2.15. The van der Waals surface area contributed by atoms with Gasteiger partial charge in [0.1, 0.15) is 23.1 Å². The fraction of sp³-hybridized carbons (Fsp3) is 0.320. The molecule has 0 saturated carbocycles. The summed E-state index contributed by atoms with van der Waals surface area (Å²) in [5.41, 5.74) is 4.11. The molecule has 1 saturated heterocycles. The maximum Gasteiger partial charge on any atom is 0.260 e. The number of carbonyl (C=O) groups is 1. The van der Waals surface area contributed by atoms with Crippen LogP contribution < -0.4 is 16.0 Å². The monoisotopic (exact) mass is 504 g/mol. The lowest BCUT2D eigenvalue weighted by molar-refractivity contribution is -0.0472. The summed E-state index contributed by atoms with van der Waals surface area (Å²) in [6.45, 7) is 1.80. The summed E-state index contributed by atoms with van der Waals surface area (Å²) >= 11 is 0. The van der Waals surface area contributed by atoms with Gasteiger partial charge in [0, 0.05) is 69.8 Å². The second-order valence-electron chi connectivity index (χ2n) is 8.15. The van der Waals surface area contributed by atoms with Crippen LogP contribution in [-0.4, -0.2) is 67.2 Å². The Labute approximate surface area is 213 Å². The van der Waals surface area contributed by atoms with E-state index in [1.807, 2.05) is 13.1 Å². The number of nitriles is 1. The molecule has 0 bridgehead atoms. The summed E-state index contributed by atoms with van der Waals surface area (Å²) in [4.78, 5) is 22.3. The third-order valence-corrected chi connectivity index (χ3v) is 5.73. The SMILES string of the molecule is CN/C=C(\C=N)c1cc2c(nc1C1OCCO1)c(C(=O)Nc1cc(NCCOC)c(C#N)cn1)cn2C. The summed E-state index contributed by atoms with van der Waals surface area (Å²) in [5, 5.41) is 26.1. The zero-order valence-electron chi connectivity index (χ0n) is 20.8. The highest BCUT2D eigenvalue weighted by Crippen LogP contribution is 2.32. The van der Waals surface area contributed by atoms with Crippen molar-refractivity contribution < 1.29 is 19.0 Å². The Morgan fingerprint density at radius 2 is 2.14 bits per heavy atom. The Bertz CT molecular complexity index is 1390. The van der Waals surface area contributed by atoms with E-state index < -0.39 is 12.2 Å². The maximum absolute atomic E-state index is 13.3. The van der Waals surface area contributed by atoms with E-state index in [1.54, 1.807) is 37.2 Å². The standard InChI is InChI=1S/C25H28N8O4/c1-28-12-15(10-26)17-8-20-22(32-23(17)25-36-6-7-37-25)18(14-33(20)2)24(34)31-21-9-19(29-4-5-35-3)16(11-27)13-30-21/h8-10,12-14,25-26,28H,4-7H2,1-3H3,(H2,29,30,31,34)/b15-12+,26-10?. The summed E-state index contributed by atoms with van der Waals surface area (Å²) in [6, 6.07) is 5.55. The van der Waals surface area contributed by atoms with Crippen LogP contribution in [0.4, 0.5) is 11.5 Å². The summed E-state index contributed by atoms with van der Waals surface area (Å²) < 4.78 is 18.3. The normalized spacial score (nSPS) is 13.9. The highest BCUT2D eigenvalue weighted by molar-refractivity contribution is 6.13. The Morgan fingerprint density at radius 1 is 1.35 bits per heavy atom. The first-order valence-electron chi connectivity index (χ1n) is 11.6. The number of pyridine rings is 2. The molecule has 1 fully saturated rings. The van der Waals surface area contributed by atoms with E-state index >= 15 is 0 Å². The zero-order chi connectivity index (χ0) is 26.4. The van der Waals surface area contributed by atoms with Crippen LogP contribution in [0, 0.1) is 16.7 Å². The predicted molar refractivity (Wildman–Crippen MR) is 138 cm³/mol. The molecule has 4 heterocycles. The Kier molecular flexibility index (Phi) is 8.09. The predicted octanol–water partition coefficient (Wildman–Crippen LogP) is 2.41. The molecule has 1 aliphatic rings. The van der Waals surface area contributed by atoms with E-state index in [0.29, 0.717) is 71.0 Å². The highest BCUT2D eigenvalue weighted by Gasteiger charge is 2.27. The molecule has 4 rings (SSSR count). The largest absolute Gasteiger partial charge is 0.393 e. The molecule has 0 aliphatic carbocycles. The minimum absolute atomic E-state index is 0.281. The van der Waals surface area contributed by atoms with Crippen LogP contribution in [0.25, 0.3) is 16.6 Å². The lowest BCUT2D eigenvalue weighted by Gasteiger charge is -2.15. The van der Waals surface area contributed by atoms with Crippen LogP contribution in [0.1, 0.15) is 33.5 Å².